The maximum atomic E-state index is 13.0. The number of Topliss-reactive ketones (excluding diaryl/α,β-unsaturated/α-hetero) is 1. The second-order valence-corrected chi connectivity index (χ2v) is 6.95. The van der Waals surface area contributed by atoms with Gasteiger partial charge in [-0.15, -0.1) is 0 Å². The topological polar surface area (TPSA) is 38.3 Å². The van der Waals surface area contributed by atoms with Crippen molar-refractivity contribution in [3.05, 3.63) is 46.7 Å². The molecule has 1 heterocycles. The Kier molecular flexibility index (Phi) is 4.91. The van der Waals surface area contributed by atoms with Crippen LogP contribution in [0.5, 0.6) is 0 Å². The van der Waals surface area contributed by atoms with E-state index in [0.29, 0.717) is 11.9 Å². The lowest BCUT2D eigenvalue weighted by Crippen LogP contribution is -2.26. The molecule has 0 radical (unpaired) electrons. The van der Waals surface area contributed by atoms with E-state index in [-0.39, 0.29) is 5.92 Å². The fourth-order valence-corrected chi connectivity index (χ4v) is 3.83. The molecule has 0 bridgehead atoms. The van der Waals surface area contributed by atoms with Crippen molar-refractivity contribution in [3.8, 4) is 0 Å². The third-order valence-corrected chi connectivity index (χ3v) is 5.42. The van der Waals surface area contributed by atoms with Crippen molar-refractivity contribution in [2.24, 2.45) is 5.92 Å². The monoisotopic (exact) mass is 325 g/mol. The Morgan fingerprint density at radius 1 is 1.29 bits per heavy atom. The Morgan fingerprint density at radius 3 is 2.62 bits per heavy atom. The van der Waals surface area contributed by atoms with Crippen LogP contribution in [0.1, 0.15) is 60.5 Å². The minimum absolute atomic E-state index is 0.134. The molecule has 3 nitrogen and oxygen atoms in total. The van der Waals surface area contributed by atoms with Gasteiger partial charge in [0.2, 0.25) is 0 Å². The first-order valence-electron chi connectivity index (χ1n) is 8.92. The van der Waals surface area contributed by atoms with Crippen molar-refractivity contribution in [2.45, 2.75) is 52.1 Å². The lowest BCUT2D eigenvalue weighted by Gasteiger charge is -2.27. The number of fused-ring (bicyclic) bond motifs is 1. The van der Waals surface area contributed by atoms with Crippen LogP contribution >= 0.6 is 0 Å². The lowest BCUT2D eigenvalue weighted by molar-refractivity contribution is 0.0519. The van der Waals surface area contributed by atoms with Gasteiger partial charge in [0.05, 0.1) is 6.10 Å². The maximum absolute atomic E-state index is 13.0. The smallest absolute Gasteiger partial charge is 0.166 e. The fraction of sp³-hybridized carbons (Fsp3) is 0.476. The number of aryl methyl sites for hydroxylation is 1. The first-order valence-corrected chi connectivity index (χ1v) is 8.92. The van der Waals surface area contributed by atoms with Gasteiger partial charge in [-0.1, -0.05) is 13.5 Å². The van der Waals surface area contributed by atoms with Gasteiger partial charge >= 0.3 is 0 Å². The van der Waals surface area contributed by atoms with Gasteiger partial charge in [-0.3, -0.25) is 4.79 Å². The predicted molar refractivity (Wildman–Crippen MR) is 99.3 cm³/mol. The van der Waals surface area contributed by atoms with E-state index in [4.69, 9.17) is 4.74 Å². The third-order valence-electron chi connectivity index (χ3n) is 5.42. The Labute approximate surface area is 144 Å². The summed E-state index contributed by atoms with van der Waals surface area (Å²) in [7, 11) is 1.76. The Bertz CT molecular complexity index is 694. The SMILES string of the molecule is C=C1Nc2cc(C)c(C(=O)C3CCC(OC)CC3)cc2C=C1CC. The maximum Gasteiger partial charge on any atom is 0.166 e. The number of rotatable bonds is 4. The molecular weight excluding hydrogens is 298 g/mol. The number of benzene rings is 1. The van der Waals surface area contributed by atoms with E-state index in [2.05, 4.69) is 37.0 Å². The van der Waals surface area contributed by atoms with Gasteiger partial charge in [0.1, 0.15) is 0 Å². The summed E-state index contributed by atoms with van der Waals surface area (Å²) in [6.07, 6.45) is 7.24. The van der Waals surface area contributed by atoms with Crippen molar-refractivity contribution in [1.29, 1.82) is 0 Å². The van der Waals surface area contributed by atoms with Crippen LogP contribution in [0, 0.1) is 12.8 Å². The lowest BCUT2D eigenvalue weighted by atomic mass is 9.81. The molecule has 0 spiro atoms. The Balaban J connectivity index is 1.86. The van der Waals surface area contributed by atoms with Crippen molar-refractivity contribution in [3.63, 3.8) is 0 Å². The molecule has 128 valence electrons. The van der Waals surface area contributed by atoms with E-state index in [1.165, 1.54) is 5.57 Å². The summed E-state index contributed by atoms with van der Waals surface area (Å²) in [6, 6.07) is 4.14. The van der Waals surface area contributed by atoms with Crippen LogP contribution in [0.25, 0.3) is 6.08 Å². The molecule has 1 aromatic rings. The first kappa shape index (κ1) is 17.0. The number of carbonyl (C=O) groups excluding carboxylic acids is 1. The summed E-state index contributed by atoms with van der Waals surface area (Å²) < 4.78 is 5.42. The highest BCUT2D eigenvalue weighted by Gasteiger charge is 2.28. The number of ether oxygens (including phenoxy) is 1. The molecule has 1 aliphatic heterocycles. The van der Waals surface area contributed by atoms with E-state index in [0.717, 1.165) is 60.2 Å². The largest absolute Gasteiger partial charge is 0.381 e. The summed E-state index contributed by atoms with van der Waals surface area (Å²) in [6.45, 7) is 8.23. The van der Waals surface area contributed by atoms with E-state index in [1.807, 2.05) is 6.92 Å². The number of anilines is 1. The molecule has 3 heteroatoms. The molecule has 1 fully saturated rings. The van der Waals surface area contributed by atoms with Crippen LogP contribution in [0.3, 0.4) is 0 Å². The number of hydrogen-bond acceptors (Lipinski definition) is 3. The summed E-state index contributed by atoms with van der Waals surface area (Å²) in [4.78, 5) is 13.0. The zero-order valence-electron chi connectivity index (χ0n) is 14.9. The normalized spacial score (nSPS) is 23.3. The molecule has 3 rings (SSSR count). The number of carbonyl (C=O) groups is 1. The molecule has 0 unspecified atom stereocenters. The third kappa shape index (κ3) is 3.18. The van der Waals surface area contributed by atoms with Crippen molar-refractivity contribution >= 4 is 17.5 Å². The standard InChI is InChI=1S/C21H27NO2/c1-5-15-11-17-12-19(13(2)10-20(17)22-14(15)3)21(23)16-6-8-18(24-4)9-7-16/h10-12,16,18,22H,3,5-9H2,1-2,4H3. The molecule has 1 aliphatic carbocycles. The van der Waals surface area contributed by atoms with Gasteiger partial charge < -0.3 is 10.1 Å². The summed E-state index contributed by atoms with van der Waals surface area (Å²) in [5.41, 5.74) is 6.22. The minimum atomic E-state index is 0.134. The molecular formula is C21H27NO2. The molecule has 0 aromatic heterocycles. The second-order valence-electron chi connectivity index (χ2n) is 6.95. The van der Waals surface area contributed by atoms with Crippen LogP contribution in [0.15, 0.2) is 30.0 Å². The molecule has 2 aliphatic rings. The zero-order chi connectivity index (χ0) is 17.3. The van der Waals surface area contributed by atoms with E-state index in [1.54, 1.807) is 7.11 Å². The first-order chi connectivity index (χ1) is 11.5. The van der Waals surface area contributed by atoms with Gasteiger partial charge in [-0.25, -0.2) is 0 Å². The molecule has 24 heavy (non-hydrogen) atoms. The van der Waals surface area contributed by atoms with Crippen molar-refractivity contribution in [2.75, 3.05) is 12.4 Å². The number of nitrogens with one attached hydrogen (secondary N) is 1. The predicted octanol–water partition coefficient (Wildman–Crippen LogP) is 5.12. The van der Waals surface area contributed by atoms with Gasteiger partial charge in [-0.2, -0.15) is 0 Å². The zero-order valence-corrected chi connectivity index (χ0v) is 14.9. The summed E-state index contributed by atoms with van der Waals surface area (Å²) in [5.74, 6) is 0.426. The molecule has 1 N–H and O–H groups in total. The van der Waals surface area contributed by atoms with Gasteiger partial charge in [0, 0.05) is 30.0 Å². The highest BCUT2D eigenvalue weighted by molar-refractivity contribution is 6.01. The van der Waals surface area contributed by atoms with Crippen molar-refractivity contribution < 1.29 is 9.53 Å². The fourth-order valence-electron chi connectivity index (χ4n) is 3.83. The van der Waals surface area contributed by atoms with Crippen LogP contribution in [-0.4, -0.2) is 19.0 Å². The number of hydrogen-bond donors (Lipinski definition) is 1. The average molecular weight is 325 g/mol. The molecule has 0 saturated heterocycles. The van der Waals surface area contributed by atoms with Gasteiger partial charge in [0.15, 0.2) is 5.78 Å². The molecule has 0 atom stereocenters. The Hall–Kier alpha value is -1.87. The Morgan fingerprint density at radius 2 is 2.00 bits per heavy atom. The average Bonchev–Trinajstić information content (AvgIpc) is 2.60. The number of ketones is 1. The minimum Gasteiger partial charge on any atom is -0.381 e. The van der Waals surface area contributed by atoms with Gasteiger partial charge in [-0.05, 0) is 73.9 Å². The van der Waals surface area contributed by atoms with E-state index in [9.17, 15) is 4.79 Å². The summed E-state index contributed by atoms with van der Waals surface area (Å²) >= 11 is 0. The van der Waals surface area contributed by atoms with E-state index >= 15 is 0 Å². The summed E-state index contributed by atoms with van der Waals surface area (Å²) in [5, 5.41) is 3.37. The van der Waals surface area contributed by atoms with Crippen LogP contribution in [0.2, 0.25) is 0 Å². The molecule has 1 aromatic carbocycles. The molecule has 0 amide bonds. The number of allylic oxidation sites excluding steroid dienone is 1. The van der Waals surface area contributed by atoms with Crippen LogP contribution < -0.4 is 5.32 Å². The highest BCUT2D eigenvalue weighted by atomic mass is 16.5. The number of methoxy groups -OCH3 is 1. The second kappa shape index (κ2) is 6.94. The molecule has 1 saturated carbocycles. The van der Waals surface area contributed by atoms with E-state index < -0.39 is 0 Å². The quantitative estimate of drug-likeness (QED) is 0.781. The van der Waals surface area contributed by atoms with Crippen LogP contribution in [0.4, 0.5) is 5.69 Å². The van der Waals surface area contributed by atoms with Crippen molar-refractivity contribution in [1.82, 2.24) is 0 Å². The van der Waals surface area contributed by atoms with Gasteiger partial charge in [0.25, 0.3) is 0 Å². The highest BCUT2D eigenvalue weighted by Crippen LogP contribution is 2.35. The van der Waals surface area contributed by atoms with Crippen LogP contribution in [-0.2, 0) is 4.74 Å².